The molecule has 5 aromatic carbocycles. The van der Waals surface area contributed by atoms with Crippen LogP contribution in [0.1, 0.15) is 59.4 Å². The van der Waals surface area contributed by atoms with Gasteiger partial charge in [0, 0.05) is 6.61 Å². The van der Waals surface area contributed by atoms with Crippen LogP contribution >= 0.6 is 0 Å². The van der Waals surface area contributed by atoms with E-state index in [1.807, 2.05) is 12.1 Å². The maximum atomic E-state index is 7.16. The molecule has 40 heavy (non-hydrogen) atoms. The molecular weight excluding hydrogens is 488 g/mol. The molecule has 0 aliphatic rings. The van der Waals surface area contributed by atoms with Crippen molar-refractivity contribution in [2.45, 2.75) is 37.2 Å². The SMILES string of the molecule is COc1ccc(C(OCCC(CC(C)c2ccccc2)c2ccccc2)(c2ccccc2)c2ccccc2)cc1. The lowest BCUT2D eigenvalue weighted by Crippen LogP contribution is -2.33. The molecule has 0 N–H and O–H groups in total. The van der Waals surface area contributed by atoms with Crippen molar-refractivity contribution in [2.24, 2.45) is 0 Å². The van der Waals surface area contributed by atoms with Crippen LogP contribution in [0, 0.1) is 0 Å². The molecule has 0 amide bonds. The molecular formula is C38H38O2. The van der Waals surface area contributed by atoms with E-state index in [0.29, 0.717) is 18.4 Å². The van der Waals surface area contributed by atoms with Crippen LogP contribution < -0.4 is 4.74 Å². The highest BCUT2D eigenvalue weighted by atomic mass is 16.5. The van der Waals surface area contributed by atoms with Crippen LogP contribution in [0.5, 0.6) is 5.75 Å². The molecule has 0 heterocycles. The van der Waals surface area contributed by atoms with E-state index < -0.39 is 5.60 Å². The van der Waals surface area contributed by atoms with Crippen molar-refractivity contribution in [3.05, 3.63) is 173 Å². The predicted octanol–water partition coefficient (Wildman–Crippen LogP) is 9.37. The highest BCUT2D eigenvalue weighted by Crippen LogP contribution is 2.42. The summed E-state index contributed by atoms with van der Waals surface area (Å²) in [4.78, 5) is 0. The molecule has 0 aromatic heterocycles. The number of methoxy groups -OCH3 is 1. The first-order valence-electron chi connectivity index (χ1n) is 14.2. The first kappa shape index (κ1) is 27.4. The van der Waals surface area contributed by atoms with E-state index in [0.717, 1.165) is 35.3 Å². The van der Waals surface area contributed by atoms with Gasteiger partial charge in [-0.1, -0.05) is 140 Å². The number of hydrogen-bond acceptors (Lipinski definition) is 2. The summed E-state index contributed by atoms with van der Waals surface area (Å²) >= 11 is 0. The van der Waals surface area contributed by atoms with Crippen LogP contribution in [-0.2, 0) is 10.3 Å². The van der Waals surface area contributed by atoms with Crippen LogP contribution in [-0.4, -0.2) is 13.7 Å². The van der Waals surface area contributed by atoms with Crippen molar-refractivity contribution < 1.29 is 9.47 Å². The first-order chi connectivity index (χ1) is 19.7. The molecule has 0 bridgehead atoms. The third-order valence-electron chi connectivity index (χ3n) is 7.92. The number of rotatable bonds is 12. The Balaban J connectivity index is 1.49. The average Bonchev–Trinajstić information content (AvgIpc) is 3.04. The molecule has 2 atom stereocenters. The van der Waals surface area contributed by atoms with Gasteiger partial charge in [-0.25, -0.2) is 0 Å². The fraction of sp³-hybridized carbons (Fsp3) is 0.211. The topological polar surface area (TPSA) is 18.5 Å². The Morgan fingerprint density at radius 2 is 1.00 bits per heavy atom. The van der Waals surface area contributed by atoms with Crippen molar-refractivity contribution >= 4 is 0 Å². The Bertz CT molecular complexity index is 1380. The molecule has 2 unspecified atom stereocenters. The molecule has 0 fully saturated rings. The summed E-state index contributed by atoms with van der Waals surface area (Å²) in [7, 11) is 1.70. The van der Waals surface area contributed by atoms with Crippen molar-refractivity contribution in [1.82, 2.24) is 0 Å². The summed E-state index contributed by atoms with van der Waals surface area (Å²) in [6.45, 7) is 2.94. The molecule has 202 valence electrons. The summed E-state index contributed by atoms with van der Waals surface area (Å²) in [5.74, 6) is 1.65. The largest absolute Gasteiger partial charge is 0.497 e. The van der Waals surface area contributed by atoms with Crippen LogP contribution in [0.25, 0.3) is 0 Å². The fourth-order valence-corrected chi connectivity index (χ4v) is 5.77. The lowest BCUT2D eigenvalue weighted by Gasteiger charge is -2.36. The zero-order valence-corrected chi connectivity index (χ0v) is 23.4. The van der Waals surface area contributed by atoms with Gasteiger partial charge in [0.1, 0.15) is 11.4 Å². The quantitative estimate of drug-likeness (QED) is 0.151. The smallest absolute Gasteiger partial charge is 0.143 e. The van der Waals surface area contributed by atoms with E-state index in [2.05, 4.69) is 140 Å². The summed E-state index contributed by atoms with van der Waals surface area (Å²) in [5.41, 5.74) is 5.30. The monoisotopic (exact) mass is 526 g/mol. The summed E-state index contributed by atoms with van der Waals surface area (Å²) in [5, 5.41) is 0. The van der Waals surface area contributed by atoms with Crippen LogP contribution in [0.3, 0.4) is 0 Å². The summed E-state index contributed by atoms with van der Waals surface area (Å²) in [6.07, 6.45) is 1.97. The molecule has 0 aliphatic heterocycles. The van der Waals surface area contributed by atoms with Gasteiger partial charge in [-0.2, -0.15) is 0 Å². The molecule has 0 aliphatic carbocycles. The lowest BCUT2D eigenvalue weighted by atomic mass is 9.79. The van der Waals surface area contributed by atoms with Gasteiger partial charge in [-0.05, 0) is 64.6 Å². The minimum absolute atomic E-state index is 0.372. The average molecular weight is 527 g/mol. The predicted molar refractivity (Wildman–Crippen MR) is 165 cm³/mol. The maximum Gasteiger partial charge on any atom is 0.143 e. The first-order valence-corrected chi connectivity index (χ1v) is 14.2. The normalized spacial score (nSPS) is 12.9. The zero-order valence-electron chi connectivity index (χ0n) is 23.4. The van der Waals surface area contributed by atoms with Gasteiger partial charge >= 0.3 is 0 Å². The summed E-state index contributed by atoms with van der Waals surface area (Å²) < 4.78 is 12.6. The third kappa shape index (κ3) is 6.19. The van der Waals surface area contributed by atoms with Gasteiger partial charge in [0.2, 0.25) is 0 Å². The molecule has 2 nitrogen and oxygen atoms in total. The van der Waals surface area contributed by atoms with Crippen LogP contribution in [0.4, 0.5) is 0 Å². The highest BCUT2D eigenvalue weighted by Gasteiger charge is 2.37. The van der Waals surface area contributed by atoms with Crippen molar-refractivity contribution in [3.63, 3.8) is 0 Å². The van der Waals surface area contributed by atoms with Crippen molar-refractivity contribution in [1.29, 1.82) is 0 Å². The molecule has 5 rings (SSSR count). The second kappa shape index (κ2) is 13.3. The Morgan fingerprint density at radius 1 is 0.550 bits per heavy atom. The molecule has 0 radical (unpaired) electrons. The Hall–Kier alpha value is -4.14. The van der Waals surface area contributed by atoms with Gasteiger partial charge in [0.15, 0.2) is 0 Å². The summed E-state index contributed by atoms with van der Waals surface area (Å²) in [6, 6.07) is 51.2. The second-order valence-corrected chi connectivity index (χ2v) is 10.4. The van der Waals surface area contributed by atoms with Gasteiger partial charge in [-0.3, -0.25) is 0 Å². The molecule has 0 saturated heterocycles. The van der Waals surface area contributed by atoms with E-state index in [9.17, 15) is 0 Å². The minimum atomic E-state index is -0.749. The molecule has 2 heteroatoms. The standard InChI is InChI=1S/C38H38O2/c1-30(31-15-7-3-8-16-31)29-33(32-17-9-4-10-18-32)27-28-40-38(34-19-11-5-12-20-34,35-21-13-6-14-22-35)36-23-25-37(39-2)26-24-36/h3-26,30,33H,27-29H2,1-2H3. The van der Waals surface area contributed by atoms with Gasteiger partial charge < -0.3 is 9.47 Å². The third-order valence-corrected chi connectivity index (χ3v) is 7.92. The molecule has 0 spiro atoms. The molecule has 0 saturated carbocycles. The minimum Gasteiger partial charge on any atom is -0.497 e. The number of hydrogen-bond donors (Lipinski definition) is 0. The van der Waals surface area contributed by atoms with Crippen molar-refractivity contribution in [3.8, 4) is 5.75 Å². The molecule has 5 aromatic rings. The van der Waals surface area contributed by atoms with Gasteiger partial charge in [0.05, 0.1) is 7.11 Å². The van der Waals surface area contributed by atoms with Crippen molar-refractivity contribution in [2.75, 3.05) is 13.7 Å². The lowest BCUT2D eigenvalue weighted by molar-refractivity contribution is 0.00846. The zero-order chi connectivity index (χ0) is 27.6. The van der Waals surface area contributed by atoms with Crippen LogP contribution in [0.2, 0.25) is 0 Å². The van der Waals surface area contributed by atoms with Crippen LogP contribution in [0.15, 0.2) is 146 Å². The number of ether oxygens (including phenoxy) is 2. The Morgan fingerprint density at radius 3 is 1.50 bits per heavy atom. The van der Waals surface area contributed by atoms with E-state index in [4.69, 9.17) is 9.47 Å². The number of benzene rings is 5. The second-order valence-electron chi connectivity index (χ2n) is 10.4. The van der Waals surface area contributed by atoms with Gasteiger partial charge in [-0.15, -0.1) is 0 Å². The fourth-order valence-electron chi connectivity index (χ4n) is 5.77. The van der Waals surface area contributed by atoms with E-state index in [1.54, 1.807) is 7.11 Å². The maximum absolute atomic E-state index is 7.16. The van der Waals surface area contributed by atoms with Gasteiger partial charge in [0.25, 0.3) is 0 Å². The van der Waals surface area contributed by atoms with E-state index in [1.165, 1.54) is 11.1 Å². The van der Waals surface area contributed by atoms with E-state index >= 15 is 0 Å². The van der Waals surface area contributed by atoms with E-state index in [-0.39, 0.29) is 0 Å². The Labute approximate surface area is 239 Å². The highest BCUT2D eigenvalue weighted by molar-refractivity contribution is 5.48. The Kier molecular flexibility index (Phi) is 9.11.